The second kappa shape index (κ2) is 8.90. The van der Waals surface area contributed by atoms with Crippen LogP contribution in [0.5, 0.6) is 0 Å². The highest BCUT2D eigenvalue weighted by Crippen LogP contribution is 2.66. The number of carbonyl (C=O) groups is 1. The van der Waals surface area contributed by atoms with Crippen LogP contribution in [0.4, 0.5) is 0 Å². The molecule has 0 saturated carbocycles. The maximum absolute atomic E-state index is 12.1. The molecule has 0 aliphatic carbocycles. The number of carbonyl (C=O) groups excluding carboxylic acids is 1. The Labute approximate surface area is 178 Å². The SMILES string of the molecule is [2H]/C(C(=O)[O-])=C(\c1ccccc1)[P+](c1ccccc1)(c1ccccc1)c1ccccc1. The van der Waals surface area contributed by atoms with E-state index in [1.54, 1.807) is 0 Å². The van der Waals surface area contributed by atoms with Gasteiger partial charge in [-0.15, -0.1) is 0 Å². The molecule has 0 unspecified atom stereocenters. The largest absolute Gasteiger partial charge is 0.545 e. The van der Waals surface area contributed by atoms with Crippen LogP contribution in [-0.4, -0.2) is 5.97 Å². The van der Waals surface area contributed by atoms with E-state index in [0.29, 0.717) is 10.9 Å². The van der Waals surface area contributed by atoms with E-state index in [1.165, 1.54) is 0 Å². The van der Waals surface area contributed by atoms with Crippen molar-refractivity contribution >= 4 is 34.5 Å². The van der Waals surface area contributed by atoms with E-state index >= 15 is 0 Å². The van der Waals surface area contributed by atoms with E-state index in [9.17, 15) is 9.90 Å². The van der Waals surface area contributed by atoms with E-state index in [-0.39, 0.29) is 0 Å². The first kappa shape index (κ1) is 18.5. The molecule has 146 valence electrons. The summed E-state index contributed by atoms with van der Waals surface area (Å²) in [4.78, 5) is 12.1. The molecule has 0 atom stereocenters. The lowest BCUT2D eigenvalue weighted by molar-refractivity contribution is -0.297. The molecule has 0 aliphatic heterocycles. The van der Waals surface area contributed by atoms with E-state index in [1.807, 2.05) is 121 Å². The molecule has 0 fully saturated rings. The molecule has 30 heavy (non-hydrogen) atoms. The van der Waals surface area contributed by atoms with Crippen LogP contribution in [0.2, 0.25) is 0 Å². The van der Waals surface area contributed by atoms with Crippen molar-refractivity contribution in [2.24, 2.45) is 0 Å². The van der Waals surface area contributed by atoms with Crippen molar-refractivity contribution in [2.45, 2.75) is 0 Å². The number of carboxylic acid groups (broad SMARTS) is 1. The monoisotopic (exact) mass is 409 g/mol. The minimum absolute atomic E-state index is 0.483. The van der Waals surface area contributed by atoms with Gasteiger partial charge in [0.05, 0.1) is 7.34 Å². The van der Waals surface area contributed by atoms with E-state index < -0.39 is 19.3 Å². The number of carboxylic acids is 1. The van der Waals surface area contributed by atoms with Crippen molar-refractivity contribution in [1.82, 2.24) is 0 Å². The first-order chi connectivity index (χ1) is 15.2. The summed E-state index contributed by atoms with van der Waals surface area (Å²) < 4.78 is 8.67. The predicted octanol–water partition coefficient (Wildman–Crippen LogP) is 3.77. The average Bonchev–Trinajstić information content (AvgIpc) is 2.84. The topological polar surface area (TPSA) is 40.1 Å². The van der Waals surface area contributed by atoms with Gasteiger partial charge in [0.25, 0.3) is 0 Å². The summed E-state index contributed by atoms with van der Waals surface area (Å²) in [6, 6.07) is 38.6. The van der Waals surface area contributed by atoms with Crippen LogP contribution >= 0.6 is 7.26 Å². The highest BCUT2D eigenvalue weighted by molar-refractivity contribution is 8.03. The molecule has 2 nitrogen and oxygen atoms in total. The minimum Gasteiger partial charge on any atom is -0.545 e. The third kappa shape index (κ3) is 3.70. The zero-order valence-electron chi connectivity index (χ0n) is 17.3. The zero-order valence-corrected chi connectivity index (χ0v) is 17.2. The quantitative estimate of drug-likeness (QED) is 0.359. The van der Waals surface area contributed by atoms with Gasteiger partial charge in [-0.2, -0.15) is 0 Å². The third-order valence-corrected chi connectivity index (χ3v) is 9.29. The lowest BCUT2D eigenvalue weighted by Crippen LogP contribution is -2.33. The van der Waals surface area contributed by atoms with E-state index in [2.05, 4.69) is 0 Å². The van der Waals surface area contributed by atoms with Crippen LogP contribution in [-0.2, 0) is 4.79 Å². The summed E-state index contributed by atoms with van der Waals surface area (Å²) in [5.41, 5.74) is 0.710. The van der Waals surface area contributed by atoms with Crippen molar-refractivity contribution in [3.8, 4) is 0 Å². The normalized spacial score (nSPS) is 12.6. The Morgan fingerprint density at radius 1 is 0.633 bits per heavy atom. The highest BCUT2D eigenvalue weighted by atomic mass is 31.2. The molecule has 0 aromatic heterocycles. The lowest BCUT2D eigenvalue weighted by atomic mass is 10.2. The van der Waals surface area contributed by atoms with Crippen LogP contribution < -0.4 is 21.0 Å². The van der Waals surface area contributed by atoms with Crippen LogP contribution in [0.3, 0.4) is 0 Å². The van der Waals surface area contributed by atoms with Gasteiger partial charge >= 0.3 is 0 Å². The molecular formula is C27H21O2P. The van der Waals surface area contributed by atoms with Gasteiger partial charge in [0.2, 0.25) is 0 Å². The second-order valence-electron chi connectivity index (χ2n) is 6.80. The van der Waals surface area contributed by atoms with E-state index in [4.69, 9.17) is 1.37 Å². The predicted molar refractivity (Wildman–Crippen MR) is 125 cm³/mol. The van der Waals surface area contributed by atoms with Gasteiger partial charge in [-0.1, -0.05) is 84.9 Å². The fourth-order valence-electron chi connectivity index (χ4n) is 3.83. The molecule has 4 aromatic carbocycles. The second-order valence-corrected chi connectivity index (χ2v) is 10.1. The standard InChI is InChI=1S/C27H21O2P/c28-27(29)21-26(22-13-5-1-6-14-22)30(23-15-7-2-8-16-23,24-17-9-3-10-18-24)25-19-11-4-12-20-25/h1-21H/b26-21-/i21D. The molecule has 0 bridgehead atoms. The van der Waals surface area contributed by atoms with Crippen molar-refractivity contribution in [1.29, 1.82) is 0 Å². The van der Waals surface area contributed by atoms with Crippen LogP contribution in [0.15, 0.2) is 127 Å². The molecule has 0 amide bonds. The Morgan fingerprint density at radius 2 is 0.967 bits per heavy atom. The number of hydrogen-bond acceptors (Lipinski definition) is 2. The fourth-order valence-corrected chi connectivity index (χ4v) is 8.15. The first-order valence-electron chi connectivity index (χ1n) is 10.2. The number of aliphatic carboxylic acids is 1. The maximum atomic E-state index is 12.1. The summed E-state index contributed by atoms with van der Waals surface area (Å²) in [5, 5.41) is 15.5. The molecule has 0 saturated heterocycles. The number of hydrogen-bond donors (Lipinski definition) is 0. The van der Waals surface area contributed by atoms with Gasteiger partial charge in [0, 0.05) is 11.6 Å². The molecule has 0 spiro atoms. The van der Waals surface area contributed by atoms with Gasteiger partial charge in [-0.05, 0) is 36.4 Å². The van der Waals surface area contributed by atoms with E-state index in [0.717, 1.165) is 15.9 Å². The van der Waals surface area contributed by atoms with Crippen LogP contribution in [0, 0.1) is 0 Å². The molecule has 3 heteroatoms. The Morgan fingerprint density at radius 3 is 1.30 bits per heavy atom. The summed E-state index contributed by atoms with van der Waals surface area (Å²) in [5.74, 6) is -1.48. The Balaban J connectivity index is 2.24. The third-order valence-electron chi connectivity index (χ3n) is 5.03. The lowest BCUT2D eigenvalue weighted by Gasteiger charge is -2.30. The summed E-state index contributed by atoms with van der Waals surface area (Å²) in [6.07, 6.45) is 0. The summed E-state index contributed by atoms with van der Waals surface area (Å²) in [6.45, 7) is 0. The Hall–Kier alpha value is -3.48. The first-order valence-corrected chi connectivity index (χ1v) is 11.5. The Bertz CT molecular complexity index is 1090. The van der Waals surface area contributed by atoms with Crippen LogP contribution in [0.1, 0.15) is 6.93 Å². The van der Waals surface area contributed by atoms with Gasteiger partial charge in [0.15, 0.2) is 0 Å². The number of rotatable bonds is 6. The molecule has 0 N–H and O–H groups in total. The van der Waals surface area contributed by atoms with Gasteiger partial charge < -0.3 is 9.90 Å². The van der Waals surface area contributed by atoms with Crippen molar-refractivity contribution in [3.05, 3.63) is 133 Å². The fraction of sp³-hybridized carbons (Fsp3) is 0. The van der Waals surface area contributed by atoms with Crippen molar-refractivity contribution in [3.63, 3.8) is 0 Å². The van der Waals surface area contributed by atoms with Gasteiger partial charge in [-0.3, -0.25) is 0 Å². The smallest absolute Gasteiger partial charge is 0.145 e. The summed E-state index contributed by atoms with van der Waals surface area (Å²) >= 11 is 0. The molecule has 4 rings (SSSR count). The molecule has 0 radical (unpaired) electrons. The zero-order chi connectivity index (χ0) is 21.7. The molecule has 0 aliphatic rings. The minimum atomic E-state index is -2.72. The maximum Gasteiger partial charge on any atom is 0.145 e. The number of benzene rings is 4. The molecule has 0 heterocycles. The highest BCUT2D eigenvalue weighted by Gasteiger charge is 2.49. The average molecular weight is 409 g/mol. The molecule has 4 aromatic rings. The van der Waals surface area contributed by atoms with Gasteiger partial charge in [-0.25, -0.2) is 0 Å². The Kier molecular flexibility index (Phi) is 5.50. The summed E-state index contributed by atoms with van der Waals surface area (Å²) in [7, 11) is -2.72. The molecular weight excluding hydrogens is 387 g/mol. The van der Waals surface area contributed by atoms with Gasteiger partial charge in [0.1, 0.15) is 28.5 Å². The van der Waals surface area contributed by atoms with Crippen molar-refractivity contribution < 1.29 is 11.3 Å². The van der Waals surface area contributed by atoms with Crippen molar-refractivity contribution in [2.75, 3.05) is 0 Å². The van der Waals surface area contributed by atoms with Crippen LogP contribution in [0.25, 0.3) is 5.31 Å².